The van der Waals surface area contributed by atoms with E-state index in [2.05, 4.69) is 33.9 Å². The second kappa shape index (κ2) is 14.9. The van der Waals surface area contributed by atoms with E-state index in [-0.39, 0.29) is 19.2 Å². The van der Waals surface area contributed by atoms with Crippen molar-refractivity contribution in [3.8, 4) is 11.3 Å². The Bertz CT molecular complexity index is 1700. The maximum Gasteiger partial charge on any atom is 0.253 e. The van der Waals surface area contributed by atoms with Crippen molar-refractivity contribution in [2.75, 3.05) is 57.7 Å². The zero-order chi connectivity index (χ0) is 31.3. The SMILES string of the molecule is C.CCN(CC)CCN1CCN(C(=O)c2ccc(Nc3ncc4c(n3)-c3ccc(Cl)cc3C(c3ccccc3F)=NC4)cc2)CC1. The van der Waals surface area contributed by atoms with Crippen molar-refractivity contribution in [1.82, 2.24) is 24.7 Å². The molecule has 46 heavy (non-hydrogen) atoms. The van der Waals surface area contributed by atoms with Gasteiger partial charge >= 0.3 is 0 Å². The molecule has 3 heterocycles. The smallest absolute Gasteiger partial charge is 0.253 e. The number of rotatable bonds is 9. The number of hydrogen-bond donors (Lipinski definition) is 1. The lowest BCUT2D eigenvalue weighted by Gasteiger charge is -2.35. The molecule has 3 aromatic carbocycles. The summed E-state index contributed by atoms with van der Waals surface area (Å²) < 4.78 is 14.8. The summed E-state index contributed by atoms with van der Waals surface area (Å²) in [7, 11) is 0. The van der Waals surface area contributed by atoms with Gasteiger partial charge in [-0.05, 0) is 61.6 Å². The molecular formula is C36H41ClFN7O. The van der Waals surface area contributed by atoms with Gasteiger partial charge in [-0.25, -0.2) is 14.4 Å². The number of fused-ring (bicyclic) bond motifs is 3. The van der Waals surface area contributed by atoms with Gasteiger partial charge in [0.2, 0.25) is 5.95 Å². The highest BCUT2D eigenvalue weighted by Gasteiger charge is 2.24. The number of piperazine rings is 1. The molecular weight excluding hydrogens is 601 g/mol. The van der Waals surface area contributed by atoms with Crippen LogP contribution in [-0.4, -0.2) is 88.6 Å². The molecule has 2 aliphatic rings. The Balaban J connectivity index is 0.00000417. The van der Waals surface area contributed by atoms with Crippen molar-refractivity contribution in [3.05, 3.63) is 106 Å². The molecule has 0 spiro atoms. The number of likely N-dealkylation sites (N-methyl/N-ethyl adjacent to an activating group) is 1. The minimum atomic E-state index is -0.350. The zero-order valence-corrected chi connectivity index (χ0v) is 26.4. The quantitative estimate of drug-likeness (QED) is 0.218. The molecule has 0 unspecified atom stereocenters. The van der Waals surface area contributed by atoms with Gasteiger partial charge in [0, 0.05) is 84.0 Å². The van der Waals surface area contributed by atoms with Crippen LogP contribution in [0.2, 0.25) is 5.02 Å². The number of benzene rings is 3. The average Bonchev–Trinajstić information content (AvgIpc) is 3.22. The van der Waals surface area contributed by atoms with Gasteiger partial charge in [0.1, 0.15) is 5.82 Å². The average molecular weight is 642 g/mol. The number of nitrogens with zero attached hydrogens (tertiary/aromatic N) is 6. The lowest BCUT2D eigenvalue weighted by Crippen LogP contribution is -2.50. The highest BCUT2D eigenvalue weighted by Crippen LogP contribution is 2.34. The van der Waals surface area contributed by atoms with E-state index < -0.39 is 0 Å². The molecule has 0 radical (unpaired) electrons. The Morgan fingerprint density at radius 1 is 0.957 bits per heavy atom. The minimum absolute atomic E-state index is 0. The lowest BCUT2D eigenvalue weighted by atomic mass is 9.95. The fourth-order valence-electron chi connectivity index (χ4n) is 5.87. The second-order valence-corrected chi connectivity index (χ2v) is 11.7. The summed E-state index contributed by atoms with van der Waals surface area (Å²) in [4.78, 5) is 34.2. The van der Waals surface area contributed by atoms with E-state index in [1.165, 1.54) is 6.07 Å². The van der Waals surface area contributed by atoms with Crippen molar-refractivity contribution in [1.29, 1.82) is 0 Å². The van der Waals surface area contributed by atoms with Crippen LogP contribution in [0.25, 0.3) is 11.3 Å². The number of anilines is 2. The highest BCUT2D eigenvalue weighted by atomic mass is 35.5. The van der Waals surface area contributed by atoms with Crippen LogP contribution in [-0.2, 0) is 6.54 Å². The third-order valence-electron chi connectivity index (χ3n) is 8.57. The molecule has 8 nitrogen and oxygen atoms in total. The number of amides is 1. The maximum absolute atomic E-state index is 14.8. The minimum Gasteiger partial charge on any atom is -0.336 e. The molecule has 1 amide bonds. The van der Waals surface area contributed by atoms with Crippen molar-refractivity contribution >= 4 is 34.9 Å². The standard InChI is InChI=1S/C35H37ClFN7O.CH4/c1-3-42(4-2)15-16-43-17-19-44(20-18-43)34(45)24-9-12-27(13-10-24)40-35-39-23-25-22-38-33(29-7-5-6-8-31(29)37)30-21-26(36)11-14-28(30)32(25)41-35;/h5-14,21,23H,3-4,15-20,22H2,1-2H3,(H,39,40,41);1H4. The van der Waals surface area contributed by atoms with Crippen LogP contribution in [0.15, 0.2) is 77.9 Å². The molecule has 0 bridgehead atoms. The molecule has 4 aromatic rings. The summed E-state index contributed by atoms with van der Waals surface area (Å²) in [5.41, 5.74) is 5.40. The van der Waals surface area contributed by atoms with E-state index in [0.29, 0.717) is 45.6 Å². The van der Waals surface area contributed by atoms with Crippen LogP contribution in [0.1, 0.15) is 48.3 Å². The van der Waals surface area contributed by atoms with Gasteiger partial charge < -0.3 is 15.1 Å². The van der Waals surface area contributed by atoms with Crippen molar-refractivity contribution in [3.63, 3.8) is 0 Å². The molecule has 0 aliphatic carbocycles. The largest absolute Gasteiger partial charge is 0.336 e. The number of halogens is 2. The molecule has 10 heteroatoms. The van der Waals surface area contributed by atoms with E-state index in [1.54, 1.807) is 36.5 Å². The normalized spacial score (nSPS) is 14.5. The van der Waals surface area contributed by atoms with E-state index in [1.807, 2.05) is 35.2 Å². The van der Waals surface area contributed by atoms with Crippen molar-refractivity contribution in [2.24, 2.45) is 4.99 Å². The maximum atomic E-state index is 14.8. The van der Waals surface area contributed by atoms with Gasteiger partial charge in [0.15, 0.2) is 0 Å². The highest BCUT2D eigenvalue weighted by molar-refractivity contribution is 6.31. The molecule has 0 atom stereocenters. The molecule has 240 valence electrons. The second-order valence-electron chi connectivity index (χ2n) is 11.3. The Morgan fingerprint density at radius 2 is 1.70 bits per heavy atom. The van der Waals surface area contributed by atoms with E-state index in [9.17, 15) is 9.18 Å². The molecule has 6 rings (SSSR count). The molecule has 2 aliphatic heterocycles. The van der Waals surface area contributed by atoms with Crippen LogP contribution in [0.3, 0.4) is 0 Å². The summed E-state index contributed by atoms with van der Waals surface area (Å²) in [5.74, 6) is 0.104. The van der Waals surface area contributed by atoms with Gasteiger partial charge in [-0.3, -0.25) is 14.7 Å². The molecule has 1 fully saturated rings. The third-order valence-corrected chi connectivity index (χ3v) is 8.80. The fourth-order valence-corrected chi connectivity index (χ4v) is 6.04. The first-order valence-electron chi connectivity index (χ1n) is 15.5. The predicted octanol–water partition coefficient (Wildman–Crippen LogP) is 6.77. The van der Waals surface area contributed by atoms with Crippen molar-refractivity contribution < 1.29 is 9.18 Å². The van der Waals surface area contributed by atoms with Crippen LogP contribution in [0, 0.1) is 5.82 Å². The third kappa shape index (κ3) is 7.28. The topological polar surface area (TPSA) is 77.0 Å². The van der Waals surface area contributed by atoms with Crippen LogP contribution < -0.4 is 5.32 Å². The fraction of sp³-hybridized carbons (Fsp3) is 0.333. The molecule has 0 saturated carbocycles. The predicted molar refractivity (Wildman–Crippen MR) is 185 cm³/mol. The zero-order valence-electron chi connectivity index (χ0n) is 25.6. The number of nitrogens with one attached hydrogen (secondary N) is 1. The van der Waals surface area contributed by atoms with Gasteiger partial charge in [-0.2, -0.15) is 0 Å². The van der Waals surface area contributed by atoms with Gasteiger partial charge in [0.05, 0.1) is 18.0 Å². The molecule has 1 aromatic heterocycles. The van der Waals surface area contributed by atoms with E-state index in [0.717, 1.165) is 69.2 Å². The lowest BCUT2D eigenvalue weighted by molar-refractivity contribution is 0.0625. The van der Waals surface area contributed by atoms with E-state index in [4.69, 9.17) is 21.6 Å². The van der Waals surface area contributed by atoms with Crippen LogP contribution in [0.5, 0.6) is 0 Å². The monoisotopic (exact) mass is 641 g/mol. The van der Waals surface area contributed by atoms with Crippen LogP contribution >= 0.6 is 11.6 Å². The summed E-state index contributed by atoms with van der Waals surface area (Å²) in [6.45, 7) is 12.2. The summed E-state index contributed by atoms with van der Waals surface area (Å²) >= 11 is 6.39. The van der Waals surface area contributed by atoms with Gasteiger partial charge in [-0.1, -0.05) is 51.1 Å². The van der Waals surface area contributed by atoms with Gasteiger partial charge in [-0.15, -0.1) is 0 Å². The number of carbonyl (C=O) groups excluding carboxylic acids is 1. The molecule has 1 N–H and O–H groups in total. The van der Waals surface area contributed by atoms with Gasteiger partial charge in [0.25, 0.3) is 5.91 Å². The Morgan fingerprint density at radius 3 is 2.41 bits per heavy atom. The first-order valence-corrected chi connectivity index (χ1v) is 15.9. The summed E-state index contributed by atoms with van der Waals surface area (Å²) in [6, 6.07) is 19.5. The summed E-state index contributed by atoms with van der Waals surface area (Å²) in [5, 5.41) is 3.80. The Labute approximate surface area is 276 Å². The number of aliphatic imine (C=N–C) groups is 1. The first kappa shape index (κ1) is 33.2. The number of aromatic nitrogens is 2. The number of carbonyl (C=O) groups is 1. The molecule has 1 saturated heterocycles. The Kier molecular flexibility index (Phi) is 10.8. The van der Waals surface area contributed by atoms with Crippen LogP contribution in [0.4, 0.5) is 16.0 Å². The first-order chi connectivity index (χ1) is 21.9. The van der Waals surface area contributed by atoms with E-state index >= 15 is 0 Å². The van der Waals surface area contributed by atoms with Crippen molar-refractivity contribution in [2.45, 2.75) is 27.8 Å². The number of hydrogen-bond acceptors (Lipinski definition) is 7. The Hall–Kier alpha value is -4.18. The summed E-state index contributed by atoms with van der Waals surface area (Å²) in [6.07, 6.45) is 1.75.